The van der Waals surface area contributed by atoms with Gasteiger partial charge < -0.3 is 9.84 Å². The molecule has 0 amide bonds. The van der Waals surface area contributed by atoms with E-state index in [1.165, 1.54) is 25.7 Å². The predicted molar refractivity (Wildman–Crippen MR) is 75.7 cm³/mol. The third kappa shape index (κ3) is 5.91. The van der Waals surface area contributed by atoms with Crippen molar-refractivity contribution >= 4 is 5.97 Å². The normalized spacial score (nSPS) is 23.7. The zero-order chi connectivity index (χ0) is 14.1. The Labute approximate surface area is 117 Å². The highest BCUT2D eigenvalue weighted by atomic mass is 16.5. The van der Waals surface area contributed by atoms with E-state index in [0.29, 0.717) is 19.6 Å². The molecule has 4 heteroatoms. The van der Waals surface area contributed by atoms with E-state index in [0.717, 1.165) is 19.4 Å². The van der Waals surface area contributed by atoms with Crippen LogP contribution in [0.15, 0.2) is 0 Å². The highest BCUT2D eigenvalue weighted by Crippen LogP contribution is 2.23. The van der Waals surface area contributed by atoms with Gasteiger partial charge in [-0.2, -0.15) is 0 Å². The molecule has 112 valence electrons. The van der Waals surface area contributed by atoms with Crippen LogP contribution < -0.4 is 0 Å². The Hall–Kier alpha value is -0.610. The fourth-order valence-electron chi connectivity index (χ4n) is 2.53. The summed E-state index contributed by atoms with van der Waals surface area (Å²) in [6, 6.07) is 0. The second-order valence-corrected chi connectivity index (χ2v) is 5.49. The molecular formula is C15H29NO3. The molecule has 0 aromatic heterocycles. The Balaban J connectivity index is 2.20. The van der Waals surface area contributed by atoms with Gasteiger partial charge in [0.05, 0.1) is 12.5 Å². The molecule has 1 heterocycles. The van der Waals surface area contributed by atoms with Gasteiger partial charge in [0.2, 0.25) is 0 Å². The molecule has 1 saturated heterocycles. The molecular weight excluding hydrogens is 242 g/mol. The van der Waals surface area contributed by atoms with Crippen LogP contribution in [-0.4, -0.2) is 41.9 Å². The number of aliphatic hydroxyl groups excluding tert-OH is 1. The summed E-state index contributed by atoms with van der Waals surface area (Å²) in [4.78, 5) is 13.8. The molecule has 1 N–H and O–H groups in total. The topological polar surface area (TPSA) is 49.8 Å². The molecule has 2 unspecified atom stereocenters. The average Bonchev–Trinajstić information content (AvgIpc) is 2.77. The molecule has 1 rings (SSSR count). The number of rotatable bonds is 9. The summed E-state index contributed by atoms with van der Waals surface area (Å²) in [7, 11) is 0. The number of ether oxygens (including phenoxy) is 1. The lowest BCUT2D eigenvalue weighted by atomic mass is 10.1. The van der Waals surface area contributed by atoms with Crippen LogP contribution in [0.3, 0.4) is 0 Å². The van der Waals surface area contributed by atoms with Crippen LogP contribution >= 0.6 is 0 Å². The third-order valence-corrected chi connectivity index (χ3v) is 3.70. The van der Waals surface area contributed by atoms with E-state index >= 15 is 0 Å². The Morgan fingerprint density at radius 3 is 2.63 bits per heavy atom. The summed E-state index contributed by atoms with van der Waals surface area (Å²) in [5, 5.41) is 9.95. The molecule has 0 spiro atoms. The van der Waals surface area contributed by atoms with Gasteiger partial charge in [-0.3, -0.25) is 9.69 Å². The number of esters is 1. The molecule has 1 aliphatic heterocycles. The number of nitrogens with zero attached hydrogens (tertiary/aromatic N) is 1. The van der Waals surface area contributed by atoms with Crippen LogP contribution in [0.1, 0.15) is 58.8 Å². The lowest BCUT2D eigenvalue weighted by Gasteiger charge is -2.19. The summed E-state index contributed by atoms with van der Waals surface area (Å²) in [6.45, 7) is 6.22. The number of carbonyl (C=O) groups is 1. The van der Waals surface area contributed by atoms with Crippen molar-refractivity contribution in [2.45, 2.75) is 65.0 Å². The highest BCUT2D eigenvalue weighted by Gasteiger charge is 2.35. The maximum absolute atomic E-state index is 11.8. The second kappa shape index (κ2) is 9.32. The van der Waals surface area contributed by atoms with Crippen molar-refractivity contribution in [3.8, 4) is 0 Å². The fourth-order valence-corrected chi connectivity index (χ4v) is 2.53. The van der Waals surface area contributed by atoms with Crippen LogP contribution in [0, 0.1) is 5.92 Å². The largest absolute Gasteiger partial charge is 0.465 e. The van der Waals surface area contributed by atoms with E-state index in [-0.39, 0.29) is 11.9 Å². The Kier molecular flexibility index (Phi) is 8.07. The minimum absolute atomic E-state index is 0.141. The summed E-state index contributed by atoms with van der Waals surface area (Å²) < 4.78 is 5.15. The van der Waals surface area contributed by atoms with Gasteiger partial charge in [0.1, 0.15) is 6.23 Å². The summed E-state index contributed by atoms with van der Waals surface area (Å²) in [6.07, 6.45) is 7.02. The molecule has 4 nitrogen and oxygen atoms in total. The summed E-state index contributed by atoms with van der Waals surface area (Å²) >= 11 is 0. The predicted octanol–water partition coefficient (Wildman–Crippen LogP) is 2.55. The smallest absolute Gasteiger partial charge is 0.310 e. The number of carbonyl (C=O) groups excluding carboxylic acids is 1. The lowest BCUT2D eigenvalue weighted by Crippen LogP contribution is -2.30. The second-order valence-electron chi connectivity index (χ2n) is 5.49. The van der Waals surface area contributed by atoms with Gasteiger partial charge in [0.15, 0.2) is 0 Å². The molecule has 19 heavy (non-hydrogen) atoms. The number of likely N-dealkylation sites (tertiary alicyclic amines) is 1. The number of aliphatic hydroxyl groups is 1. The van der Waals surface area contributed by atoms with Gasteiger partial charge in [-0.15, -0.1) is 0 Å². The Morgan fingerprint density at radius 1 is 1.21 bits per heavy atom. The Bertz CT molecular complexity index is 258. The first kappa shape index (κ1) is 16.4. The number of hydrogen-bond acceptors (Lipinski definition) is 4. The third-order valence-electron chi connectivity index (χ3n) is 3.70. The lowest BCUT2D eigenvalue weighted by molar-refractivity contribution is -0.148. The molecule has 1 aliphatic rings. The quantitative estimate of drug-likeness (QED) is 0.517. The molecule has 1 fully saturated rings. The van der Waals surface area contributed by atoms with E-state index < -0.39 is 6.23 Å². The molecule has 0 bridgehead atoms. The Morgan fingerprint density at radius 2 is 1.95 bits per heavy atom. The minimum Gasteiger partial charge on any atom is -0.465 e. The van der Waals surface area contributed by atoms with Crippen molar-refractivity contribution in [1.82, 2.24) is 4.90 Å². The van der Waals surface area contributed by atoms with Crippen LogP contribution in [0.4, 0.5) is 0 Å². The van der Waals surface area contributed by atoms with E-state index in [9.17, 15) is 9.90 Å². The van der Waals surface area contributed by atoms with Crippen LogP contribution in [-0.2, 0) is 9.53 Å². The first-order chi connectivity index (χ1) is 9.19. The van der Waals surface area contributed by atoms with Gasteiger partial charge in [-0.25, -0.2) is 0 Å². The van der Waals surface area contributed by atoms with E-state index in [1.54, 1.807) is 0 Å². The maximum Gasteiger partial charge on any atom is 0.310 e. The van der Waals surface area contributed by atoms with Gasteiger partial charge in [-0.1, -0.05) is 39.5 Å². The van der Waals surface area contributed by atoms with E-state index in [1.807, 2.05) is 11.8 Å². The van der Waals surface area contributed by atoms with Gasteiger partial charge >= 0.3 is 5.97 Å². The van der Waals surface area contributed by atoms with E-state index in [2.05, 4.69) is 6.92 Å². The zero-order valence-corrected chi connectivity index (χ0v) is 12.4. The molecule has 0 aromatic carbocycles. The maximum atomic E-state index is 11.8. The SMILES string of the molecule is CCCCCCCN1CC(C(=O)OCCC)CC1O. The van der Waals surface area contributed by atoms with Crippen molar-refractivity contribution < 1.29 is 14.6 Å². The van der Waals surface area contributed by atoms with Crippen LogP contribution in [0.2, 0.25) is 0 Å². The van der Waals surface area contributed by atoms with Crippen molar-refractivity contribution in [3.63, 3.8) is 0 Å². The van der Waals surface area contributed by atoms with Gasteiger partial charge in [0, 0.05) is 19.5 Å². The van der Waals surface area contributed by atoms with Crippen molar-refractivity contribution in [2.75, 3.05) is 19.7 Å². The fraction of sp³-hybridized carbons (Fsp3) is 0.933. The first-order valence-electron chi connectivity index (χ1n) is 7.77. The average molecular weight is 271 g/mol. The minimum atomic E-state index is -0.467. The molecule has 0 saturated carbocycles. The van der Waals surface area contributed by atoms with Crippen molar-refractivity contribution in [1.29, 1.82) is 0 Å². The number of hydrogen-bond donors (Lipinski definition) is 1. The van der Waals surface area contributed by atoms with Gasteiger partial charge in [0.25, 0.3) is 0 Å². The van der Waals surface area contributed by atoms with Crippen molar-refractivity contribution in [2.24, 2.45) is 5.92 Å². The monoisotopic (exact) mass is 271 g/mol. The molecule has 0 aliphatic carbocycles. The van der Waals surface area contributed by atoms with E-state index in [4.69, 9.17) is 4.74 Å². The van der Waals surface area contributed by atoms with Crippen LogP contribution in [0.25, 0.3) is 0 Å². The highest BCUT2D eigenvalue weighted by molar-refractivity contribution is 5.73. The molecule has 2 atom stereocenters. The first-order valence-corrected chi connectivity index (χ1v) is 7.77. The van der Waals surface area contributed by atoms with Gasteiger partial charge in [-0.05, 0) is 12.8 Å². The van der Waals surface area contributed by atoms with Crippen LogP contribution in [0.5, 0.6) is 0 Å². The zero-order valence-electron chi connectivity index (χ0n) is 12.4. The standard InChI is InChI=1S/C15H29NO3/c1-3-5-6-7-8-9-16-12-13(11-14(16)17)15(18)19-10-4-2/h13-14,17H,3-12H2,1-2H3. The summed E-state index contributed by atoms with van der Waals surface area (Å²) in [5.74, 6) is -0.286. The molecule has 0 aromatic rings. The number of unbranched alkanes of at least 4 members (excludes halogenated alkanes) is 4. The molecule has 0 radical (unpaired) electrons. The summed E-state index contributed by atoms with van der Waals surface area (Å²) in [5.41, 5.74) is 0. The van der Waals surface area contributed by atoms with Crippen molar-refractivity contribution in [3.05, 3.63) is 0 Å².